The highest BCUT2D eigenvalue weighted by Gasteiger charge is 2.31. The quantitative estimate of drug-likeness (QED) is 0.850. The van der Waals surface area contributed by atoms with E-state index in [1.807, 2.05) is 0 Å². The zero-order chi connectivity index (χ0) is 17.6. The molecule has 2 aromatic rings. The average molecular weight is 360 g/mol. The van der Waals surface area contributed by atoms with Crippen LogP contribution in [0, 0.1) is 0 Å². The Morgan fingerprint density at radius 3 is 2.33 bits per heavy atom. The number of hydrogen-bond donors (Lipinski definition) is 1. The highest BCUT2D eigenvalue weighted by molar-refractivity contribution is 6.32. The standard InChI is InChI=1S/C16H13ClF3NO3/c17-12-6-2-4-8-14(12)23-10-15(22)21-9-11-5-1-3-7-13(11)24-16(18,19)20/h1-8H,9-10H2,(H,21,22). The Bertz CT molecular complexity index is 707. The van der Waals surface area contributed by atoms with E-state index in [9.17, 15) is 18.0 Å². The first-order valence-electron chi connectivity index (χ1n) is 6.83. The van der Waals surface area contributed by atoms with Crippen LogP contribution in [-0.2, 0) is 11.3 Å². The fourth-order valence-electron chi connectivity index (χ4n) is 1.82. The topological polar surface area (TPSA) is 47.6 Å². The summed E-state index contributed by atoms with van der Waals surface area (Å²) in [6.07, 6.45) is -4.80. The van der Waals surface area contributed by atoms with Gasteiger partial charge in [0.05, 0.1) is 5.02 Å². The fourth-order valence-corrected chi connectivity index (χ4v) is 2.01. The molecule has 0 spiro atoms. The first-order valence-corrected chi connectivity index (χ1v) is 7.20. The molecule has 0 aliphatic heterocycles. The summed E-state index contributed by atoms with van der Waals surface area (Å²) < 4.78 is 46.1. The summed E-state index contributed by atoms with van der Waals surface area (Å²) in [5.74, 6) is -0.524. The van der Waals surface area contributed by atoms with Crippen LogP contribution >= 0.6 is 11.6 Å². The molecule has 24 heavy (non-hydrogen) atoms. The van der Waals surface area contributed by atoms with Gasteiger partial charge in [0, 0.05) is 12.1 Å². The lowest BCUT2D eigenvalue weighted by atomic mass is 10.2. The van der Waals surface area contributed by atoms with Crippen LogP contribution in [-0.4, -0.2) is 18.9 Å². The number of carbonyl (C=O) groups excluding carboxylic acids is 1. The molecule has 0 radical (unpaired) electrons. The minimum Gasteiger partial charge on any atom is -0.482 e. The zero-order valence-corrected chi connectivity index (χ0v) is 13.0. The number of nitrogens with one attached hydrogen (secondary N) is 1. The van der Waals surface area contributed by atoms with Crippen LogP contribution in [0.15, 0.2) is 48.5 Å². The Morgan fingerprint density at radius 2 is 1.67 bits per heavy atom. The second-order valence-corrected chi connectivity index (χ2v) is 5.06. The van der Waals surface area contributed by atoms with Crippen molar-refractivity contribution < 1.29 is 27.4 Å². The highest BCUT2D eigenvalue weighted by atomic mass is 35.5. The fraction of sp³-hybridized carbons (Fsp3) is 0.188. The molecular formula is C16H13ClF3NO3. The van der Waals surface area contributed by atoms with Crippen molar-refractivity contribution in [3.63, 3.8) is 0 Å². The third kappa shape index (κ3) is 5.66. The van der Waals surface area contributed by atoms with E-state index in [1.54, 1.807) is 30.3 Å². The van der Waals surface area contributed by atoms with Crippen molar-refractivity contribution in [2.45, 2.75) is 12.9 Å². The van der Waals surface area contributed by atoms with E-state index >= 15 is 0 Å². The van der Waals surface area contributed by atoms with Gasteiger partial charge in [0.25, 0.3) is 5.91 Å². The number of carbonyl (C=O) groups is 1. The number of amides is 1. The average Bonchev–Trinajstić information content (AvgIpc) is 2.52. The van der Waals surface area contributed by atoms with Gasteiger partial charge in [-0.25, -0.2) is 0 Å². The predicted octanol–water partition coefficient (Wildman–Crippen LogP) is 3.93. The molecule has 2 aromatic carbocycles. The van der Waals surface area contributed by atoms with Gasteiger partial charge in [-0.05, 0) is 18.2 Å². The molecule has 0 atom stereocenters. The van der Waals surface area contributed by atoms with Crippen molar-refractivity contribution in [1.29, 1.82) is 0 Å². The van der Waals surface area contributed by atoms with Gasteiger partial charge in [0.1, 0.15) is 11.5 Å². The smallest absolute Gasteiger partial charge is 0.482 e. The van der Waals surface area contributed by atoms with E-state index in [1.165, 1.54) is 18.2 Å². The molecule has 0 bridgehead atoms. The Hall–Kier alpha value is -2.41. The molecular weight excluding hydrogens is 347 g/mol. The summed E-state index contributed by atoms with van der Waals surface area (Å²) in [5, 5.41) is 2.82. The summed E-state index contributed by atoms with van der Waals surface area (Å²) >= 11 is 5.88. The number of hydrogen-bond acceptors (Lipinski definition) is 3. The van der Waals surface area contributed by atoms with E-state index in [0.717, 1.165) is 0 Å². The first-order chi connectivity index (χ1) is 11.3. The van der Waals surface area contributed by atoms with E-state index < -0.39 is 12.3 Å². The maximum absolute atomic E-state index is 12.3. The second-order valence-electron chi connectivity index (χ2n) is 4.65. The number of benzene rings is 2. The van der Waals surface area contributed by atoms with E-state index in [0.29, 0.717) is 10.8 Å². The number of rotatable bonds is 6. The van der Waals surface area contributed by atoms with Crippen LogP contribution in [0.3, 0.4) is 0 Å². The van der Waals surface area contributed by atoms with Gasteiger partial charge in [-0.3, -0.25) is 4.79 Å². The van der Waals surface area contributed by atoms with Crippen molar-refractivity contribution in [3.8, 4) is 11.5 Å². The molecule has 0 aromatic heterocycles. The van der Waals surface area contributed by atoms with Gasteiger partial charge >= 0.3 is 6.36 Å². The van der Waals surface area contributed by atoms with Crippen molar-refractivity contribution in [2.75, 3.05) is 6.61 Å². The normalized spacial score (nSPS) is 11.0. The molecule has 128 valence electrons. The Kier molecular flexibility index (Phi) is 5.92. The SMILES string of the molecule is O=C(COc1ccccc1Cl)NCc1ccccc1OC(F)(F)F. The van der Waals surface area contributed by atoms with Crippen LogP contribution in [0.4, 0.5) is 13.2 Å². The van der Waals surface area contributed by atoms with Crippen LogP contribution in [0.2, 0.25) is 5.02 Å². The van der Waals surface area contributed by atoms with Crippen LogP contribution in [0.25, 0.3) is 0 Å². The first kappa shape index (κ1) is 17.9. The zero-order valence-electron chi connectivity index (χ0n) is 12.3. The maximum atomic E-state index is 12.3. The number of para-hydroxylation sites is 2. The van der Waals surface area contributed by atoms with Crippen molar-refractivity contribution in [3.05, 3.63) is 59.1 Å². The lowest BCUT2D eigenvalue weighted by Gasteiger charge is -2.14. The van der Waals surface area contributed by atoms with Crippen molar-refractivity contribution in [2.24, 2.45) is 0 Å². The molecule has 2 rings (SSSR count). The number of ether oxygens (including phenoxy) is 2. The molecule has 0 aliphatic rings. The largest absolute Gasteiger partial charge is 0.573 e. The summed E-state index contributed by atoms with van der Waals surface area (Å²) in [7, 11) is 0. The van der Waals surface area contributed by atoms with Gasteiger partial charge in [-0.2, -0.15) is 0 Å². The number of halogens is 4. The summed E-state index contributed by atoms with van der Waals surface area (Å²) in [6.45, 7) is -0.441. The van der Waals surface area contributed by atoms with Crippen molar-refractivity contribution in [1.82, 2.24) is 5.32 Å². The summed E-state index contributed by atoms with van der Waals surface area (Å²) in [5.41, 5.74) is 0.195. The van der Waals surface area contributed by atoms with Crippen LogP contribution < -0.4 is 14.8 Å². The van der Waals surface area contributed by atoms with Crippen LogP contribution in [0.1, 0.15) is 5.56 Å². The van der Waals surface area contributed by atoms with Gasteiger partial charge in [-0.15, -0.1) is 13.2 Å². The Morgan fingerprint density at radius 1 is 1.04 bits per heavy atom. The molecule has 0 saturated carbocycles. The van der Waals surface area contributed by atoms with Gasteiger partial charge in [0.15, 0.2) is 6.61 Å². The lowest BCUT2D eigenvalue weighted by Crippen LogP contribution is -2.29. The predicted molar refractivity (Wildman–Crippen MR) is 81.9 cm³/mol. The minimum absolute atomic E-state index is 0.128. The number of alkyl halides is 3. The summed E-state index contributed by atoms with van der Waals surface area (Å²) in [4.78, 5) is 11.8. The van der Waals surface area contributed by atoms with E-state index in [-0.39, 0.29) is 24.5 Å². The second kappa shape index (κ2) is 7.92. The highest BCUT2D eigenvalue weighted by Crippen LogP contribution is 2.26. The molecule has 0 heterocycles. The molecule has 0 fully saturated rings. The van der Waals surface area contributed by atoms with Gasteiger partial charge in [-0.1, -0.05) is 41.9 Å². The molecule has 4 nitrogen and oxygen atoms in total. The molecule has 8 heteroatoms. The van der Waals surface area contributed by atoms with E-state index in [4.69, 9.17) is 16.3 Å². The maximum Gasteiger partial charge on any atom is 0.573 e. The van der Waals surface area contributed by atoms with E-state index in [2.05, 4.69) is 10.1 Å². The molecule has 1 N–H and O–H groups in total. The molecule has 1 amide bonds. The molecule has 0 saturated heterocycles. The summed E-state index contributed by atoms with van der Waals surface area (Å²) in [6, 6.07) is 12.2. The molecule has 0 aliphatic carbocycles. The monoisotopic (exact) mass is 359 g/mol. The third-order valence-electron chi connectivity index (χ3n) is 2.87. The lowest BCUT2D eigenvalue weighted by molar-refractivity contribution is -0.274. The van der Waals surface area contributed by atoms with Gasteiger partial charge in [0.2, 0.25) is 0 Å². The minimum atomic E-state index is -4.80. The van der Waals surface area contributed by atoms with Crippen LogP contribution in [0.5, 0.6) is 11.5 Å². The Labute approximate surface area is 141 Å². The Balaban J connectivity index is 1.89. The van der Waals surface area contributed by atoms with Crippen molar-refractivity contribution >= 4 is 17.5 Å². The molecule has 0 unspecified atom stereocenters. The van der Waals surface area contributed by atoms with Gasteiger partial charge < -0.3 is 14.8 Å². The third-order valence-corrected chi connectivity index (χ3v) is 3.18.